The minimum absolute atomic E-state index is 0.0301. The molecule has 1 amide bonds. The molecule has 0 aliphatic carbocycles. The highest BCUT2D eigenvalue weighted by molar-refractivity contribution is 5.95. The first-order valence-corrected chi connectivity index (χ1v) is 4.76. The van der Waals surface area contributed by atoms with E-state index in [0.29, 0.717) is 11.4 Å². The third kappa shape index (κ3) is 1.94. The van der Waals surface area contributed by atoms with Crippen molar-refractivity contribution in [3.8, 4) is 5.75 Å². The molecule has 0 atom stereocenters. The third-order valence-corrected chi connectivity index (χ3v) is 2.32. The number of aliphatic hydroxyl groups is 1. The quantitative estimate of drug-likeness (QED) is 0.728. The number of rotatable bonds is 1. The van der Waals surface area contributed by atoms with E-state index >= 15 is 0 Å². The molecule has 2 N–H and O–H groups in total. The van der Waals surface area contributed by atoms with Crippen LogP contribution in [0.3, 0.4) is 0 Å². The fourth-order valence-corrected chi connectivity index (χ4v) is 1.46. The van der Waals surface area contributed by atoms with Crippen LogP contribution < -0.4 is 10.1 Å². The number of hydrogen-bond donors (Lipinski definition) is 2. The largest absolute Gasteiger partial charge is 0.482 e. The van der Waals surface area contributed by atoms with E-state index in [1.54, 1.807) is 32.0 Å². The lowest BCUT2D eigenvalue weighted by Gasteiger charge is -2.22. The number of nitrogens with one attached hydrogen (secondary N) is 1. The summed E-state index contributed by atoms with van der Waals surface area (Å²) in [5.74, 6) is 0.452. The van der Waals surface area contributed by atoms with Gasteiger partial charge in [0, 0.05) is 0 Å². The lowest BCUT2D eigenvalue weighted by atomic mass is 9.97. The van der Waals surface area contributed by atoms with Crippen molar-refractivity contribution >= 4 is 11.6 Å². The first-order valence-electron chi connectivity index (χ1n) is 4.76. The topological polar surface area (TPSA) is 58.6 Å². The van der Waals surface area contributed by atoms with E-state index in [4.69, 9.17) is 4.74 Å². The molecule has 80 valence electrons. The van der Waals surface area contributed by atoms with Crippen LogP contribution in [0.15, 0.2) is 18.2 Å². The maximum absolute atomic E-state index is 11.0. The Kier molecular flexibility index (Phi) is 2.16. The second-order valence-electron chi connectivity index (χ2n) is 4.11. The molecule has 0 aromatic heterocycles. The predicted octanol–water partition coefficient (Wildman–Crippen LogP) is 1.24. The van der Waals surface area contributed by atoms with Gasteiger partial charge in [0.15, 0.2) is 6.61 Å². The van der Waals surface area contributed by atoms with Gasteiger partial charge < -0.3 is 15.2 Å². The van der Waals surface area contributed by atoms with Crippen LogP contribution in [-0.4, -0.2) is 17.6 Å². The number of hydrogen-bond acceptors (Lipinski definition) is 3. The smallest absolute Gasteiger partial charge is 0.262 e. The number of ether oxygens (including phenoxy) is 1. The Balaban J connectivity index is 2.39. The van der Waals surface area contributed by atoms with Gasteiger partial charge in [-0.2, -0.15) is 0 Å². The molecular formula is C11H13NO3. The Morgan fingerprint density at radius 3 is 2.87 bits per heavy atom. The lowest BCUT2D eigenvalue weighted by molar-refractivity contribution is -0.118. The summed E-state index contributed by atoms with van der Waals surface area (Å²) in [5.41, 5.74) is 0.511. The van der Waals surface area contributed by atoms with Crippen LogP contribution in [-0.2, 0) is 10.4 Å². The van der Waals surface area contributed by atoms with Crippen molar-refractivity contribution in [2.24, 2.45) is 0 Å². The zero-order valence-electron chi connectivity index (χ0n) is 8.70. The van der Waals surface area contributed by atoms with Gasteiger partial charge in [-0.15, -0.1) is 0 Å². The standard InChI is InChI=1S/C11H13NO3/c1-11(2,14)7-3-4-8-9(5-7)15-6-10(13)12-8/h3-5,14H,6H2,1-2H3,(H,12,13). The van der Waals surface area contributed by atoms with Gasteiger partial charge in [0.05, 0.1) is 11.3 Å². The van der Waals surface area contributed by atoms with Gasteiger partial charge >= 0.3 is 0 Å². The third-order valence-electron chi connectivity index (χ3n) is 2.32. The minimum atomic E-state index is -0.903. The van der Waals surface area contributed by atoms with Gasteiger partial charge in [0.2, 0.25) is 0 Å². The van der Waals surface area contributed by atoms with E-state index in [9.17, 15) is 9.90 Å². The number of amides is 1. The normalized spacial score (nSPS) is 15.3. The van der Waals surface area contributed by atoms with Gasteiger partial charge in [0.25, 0.3) is 5.91 Å². The average molecular weight is 207 g/mol. The Hall–Kier alpha value is -1.55. The summed E-state index contributed by atoms with van der Waals surface area (Å²) in [6, 6.07) is 5.25. The fourth-order valence-electron chi connectivity index (χ4n) is 1.46. The number of carbonyl (C=O) groups is 1. The summed E-state index contributed by atoms with van der Waals surface area (Å²) in [6.45, 7) is 3.44. The Labute approximate surface area is 87.9 Å². The van der Waals surface area contributed by atoms with Gasteiger partial charge in [0.1, 0.15) is 5.75 Å². The molecule has 2 rings (SSSR count). The van der Waals surface area contributed by atoms with E-state index < -0.39 is 5.60 Å². The molecular weight excluding hydrogens is 194 g/mol. The highest BCUT2D eigenvalue weighted by atomic mass is 16.5. The molecule has 4 heteroatoms. The van der Waals surface area contributed by atoms with Crippen molar-refractivity contribution in [1.82, 2.24) is 0 Å². The van der Waals surface area contributed by atoms with Crippen molar-refractivity contribution in [1.29, 1.82) is 0 Å². The molecule has 0 saturated heterocycles. The van der Waals surface area contributed by atoms with Gasteiger partial charge in [-0.3, -0.25) is 4.79 Å². The SMILES string of the molecule is CC(C)(O)c1ccc2c(c1)OCC(=O)N2. The summed E-state index contributed by atoms with van der Waals surface area (Å²) >= 11 is 0. The second kappa shape index (κ2) is 3.24. The van der Waals surface area contributed by atoms with Crippen molar-refractivity contribution in [2.45, 2.75) is 19.4 Å². The van der Waals surface area contributed by atoms with Crippen LogP contribution >= 0.6 is 0 Å². The molecule has 1 aliphatic rings. The number of fused-ring (bicyclic) bond motifs is 1. The molecule has 15 heavy (non-hydrogen) atoms. The molecule has 0 bridgehead atoms. The van der Waals surface area contributed by atoms with Crippen LogP contribution in [0, 0.1) is 0 Å². The van der Waals surface area contributed by atoms with Crippen LogP contribution in [0.25, 0.3) is 0 Å². The van der Waals surface area contributed by atoms with Crippen LogP contribution in [0.1, 0.15) is 19.4 Å². The first-order chi connectivity index (χ1) is 6.97. The number of anilines is 1. The molecule has 0 unspecified atom stereocenters. The average Bonchev–Trinajstić information content (AvgIpc) is 2.15. The molecule has 0 fully saturated rings. The molecule has 0 radical (unpaired) electrons. The molecule has 4 nitrogen and oxygen atoms in total. The molecule has 1 heterocycles. The maximum Gasteiger partial charge on any atom is 0.262 e. The summed E-state index contributed by atoms with van der Waals surface area (Å²) in [7, 11) is 0. The lowest BCUT2D eigenvalue weighted by Crippen LogP contribution is -2.26. The van der Waals surface area contributed by atoms with Crippen LogP contribution in [0.5, 0.6) is 5.75 Å². The molecule has 1 aromatic carbocycles. The van der Waals surface area contributed by atoms with E-state index in [2.05, 4.69) is 5.32 Å². The molecule has 0 saturated carbocycles. The zero-order valence-corrected chi connectivity index (χ0v) is 8.70. The first kappa shape index (κ1) is 9.98. The Morgan fingerprint density at radius 1 is 1.47 bits per heavy atom. The van der Waals surface area contributed by atoms with Crippen molar-refractivity contribution in [3.05, 3.63) is 23.8 Å². The van der Waals surface area contributed by atoms with Gasteiger partial charge in [-0.25, -0.2) is 0 Å². The Morgan fingerprint density at radius 2 is 2.20 bits per heavy atom. The summed E-state index contributed by atoms with van der Waals surface area (Å²) in [6.07, 6.45) is 0. The van der Waals surface area contributed by atoms with Crippen molar-refractivity contribution in [3.63, 3.8) is 0 Å². The fraction of sp³-hybridized carbons (Fsp3) is 0.364. The summed E-state index contributed by atoms with van der Waals surface area (Å²) < 4.78 is 5.25. The van der Waals surface area contributed by atoms with Crippen LogP contribution in [0.2, 0.25) is 0 Å². The highest BCUT2D eigenvalue weighted by Gasteiger charge is 2.21. The van der Waals surface area contributed by atoms with Gasteiger partial charge in [-0.05, 0) is 31.5 Å². The van der Waals surface area contributed by atoms with E-state index in [1.807, 2.05) is 0 Å². The van der Waals surface area contributed by atoms with E-state index in [1.165, 1.54) is 0 Å². The predicted molar refractivity (Wildman–Crippen MR) is 55.8 cm³/mol. The molecule has 1 aliphatic heterocycles. The number of carbonyl (C=O) groups excluding carboxylic acids is 1. The van der Waals surface area contributed by atoms with Gasteiger partial charge in [-0.1, -0.05) is 6.07 Å². The van der Waals surface area contributed by atoms with Crippen molar-refractivity contribution < 1.29 is 14.6 Å². The summed E-state index contributed by atoms with van der Waals surface area (Å²) in [5, 5.41) is 12.5. The summed E-state index contributed by atoms with van der Waals surface area (Å²) in [4.78, 5) is 11.0. The second-order valence-corrected chi connectivity index (χ2v) is 4.11. The van der Waals surface area contributed by atoms with Crippen molar-refractivity contribution in [2.75, 3.05) is 11.9 Å². The minimum Gasteiger partial charge on any atom is -0.482 e. The zero-order chi connectivity index (χ0) is 11.1. The van der Waals surface area contributed by atoms with Crippen LogP contribution in [0.4, 0.5) is 5.69 Å². The Bertz CT molecular complexity index is 407. The van der Waals surface area contributed by atoms with E-state index in [0.717, 1.165) is 5.56 Å². The molecule has 1 aromatic rings. The van der Waals surface area contributed by atoms with E-state index in [-0.39, 0.29) is 12.5 Å². The number of benzene rings is 1. The highest BCUT2D eigenvalue weighted by Crippen LogP contribution is 2.32. The monoisotopic (exact) mass is 207 g/mol. The molecule has 0 spiro atoms. The maximum atomic E-state index is 11.0.